The summed E-state index contributed by atoms with van der Waals surface area (Å²) in [5, 5.41) is 11.6. The summed E-state index contributed by atoms with van der Waals surface area (Å²) in [6.45, 7) is 0. The van der Waals surface area contributed by atoms with Crippen LogP contribution >= 0.6 is 63.7 Å². The van der Waals surface area contributed by atoms with Crippen LogP contribution in [0, 0.1) is 0 Å². The highest BCUT2D eigenvalue weighted by Crippen LogP contribution is 2.46. The van der Waals surface area contributed by atoms with Crippen LogP contribution < -0.4 is 37.9 Å². The van der Waals surface area contributed by atoms with Crippen molar-refractivity contribution in [3.8, 4) is 68.6 Å². The summed E-state index contributed by atoms with van der Waals surface area (Å²) < 4.78 is 60.6. The molecule has 0 atom stereocenters. The van der Waals surface area contributed by atoms with E-state index in [9.17, 15) is 9.90 Å². The summed E-state index contributed by atoms with van der Waals surface area (Å²) in [7, 11) is 12.4. The largest absolute Gasteiger partial charge is 0.506 e. The van der Waals surface area contributed by atoms with Gasteiger partial charge in [0.25, 0.3) is 0 Å². The summed E-state index contributed by atoms with van der Waals surface area (Å²) in [6.07, 6.45) is 6.73. The average molecular weight is 1130 g/mol. The molecule has 1 aliphatic heterocycles. The maximum absolute atomic E-state index is 14.1. The molecule has 5 aromatic rings. The van der Waals surface area contributed by atoms with Gasteiger partial charge in [0.1, 0.15) is 81.2 Å². The number of hydrogen-bond donors (Lipinski definition) is 1. The van der Waals surface area contributed by atoms with Crippen LogP contribution in [0.4, 0.5) is 0 Å². The topological polar surface area (TPSA) is 132 Å². The number of allylic oxidation sites excluding steroid dienone is 6. The molecule has 7 rings (SSSR count). The number of carbonyl (C=O) groups is 1. The molecule has 12 nitrogen and oxygen atoms in total. The molecule has 64 heavy (non-hydrogen) atoms. The van der Waals surface area contributed by atoms with E-state index in [1.807, 2.05) is 0 Å². The number of carbonyl (C=O) groups excluding carboxylic acids is 1. The third-order valence-electron chi connectivity index (χ3n) is 10.2. The fourth-order valence-corrected chi connectivity index (χ4v) is 9.08. The number of methoxy groups -OCH3 is 8. The van der Waals surface area contributed by atoms with Gasteiger partial charge in [0.15, 0.2) is 0 Å². The number of Topliss-reactive ketones (excluding diaryl/α,β-unsaturated/α-hetero) is 1. The number of rotatable bonds is 14. The van der Waals surface area contributed by atoms with Crippen LogP contribution in [0.3, 0.4) is 0 Å². The van der Waals surface area contributed by atoms with Crippen molar-refractivity contribution in [2.24, 2.45) is 0 Å². The second-order valence-corrected chi connectivity index (χ2v) is 17.0. The van der Waals surface area contributed by atoms with E-state index in [0.717, 1.165) is 0 Å². The summed E-state index contributed by atoms with van der Waals surface area (Å²) in [5.41, 5.74) is 3.75. The van der Waals surface area contributed by atoms with E-state index in [-0.39, 0.29) is 22.7 Å². The zero-order valence-corrected chi connectivity index (χ0v) is 41.9. The summed E-state index contributed by atoms with van der Waals surface area (Å²) >= 11 is 14.2. The first kappa shape index (κ1) is 46.3. The summed E-state index contributed by atoms with van der Waals surface area (Å²) in [6, 6.07) is 17.9. The minimum absolute atomic E-state index is 0.0946. The molecule has 2 aliphatic rings. The van der Waals surface area contributed by atoms with Gasteiger partial charge in [-0.2, -0.15) is 0 Å². The van der Waals surface area contributed by atoms with Gasteiger partial charge in [0.2, 0.25) is 5.78 Å². The standard InChI is InChI=1S/C48H38Br4O12/c1-55-35-15-25(16-36(56-2)43(35)49)31-11-23(12-32(63-31)26-17-37(57-3)44(50)38(18-26)58-4)9-29-47(53)30(48(29)54)10-24-13-33(27-19-39(59-5)45(51)40(20-27)60-6)64-34(14-24)28-21-41(61-7)46(52)42(22-28)62-8/h9-22H,1-8H3/p+1. The molecule has 0 fully saturated rings. The normalized spacial score (nSPS) is 14.0. The molecule has 4 aromatic carbocycles. The van der Waals surface area contributed by atoms with Crippen LogP contribution in [0.2, 0.25) is 0 Å². The van der Waals surface area contributed by atoms with Gasteiger partial charge in [0.05, 0.1) is 91.3 Å². The van der Waals surface area contributed by atoms with Crippen LogP contribution in [0.25, 0.3) is 40.2 Å². The molecule has 0 saturated carbocycles. The number of ketones is 1. The number of hydrogen-bond acceptors (Lipinski definition) is 11. The van der Waals surface area contributed by atoms with Crippen molar-refractivity contribution in [3.05, 3.63) is 136 Å². The molecule has 1 aromatic heterocycles. The first-order valence-electron chi connectivity index (χ1n) is 19.0. The molecule has 0 saturated heterocycles. The Labute approximate surface area is 402 Å². The fraction of sp³-hybridized carbons (Fsp3) is 0.167. The Kier molecular flexibility index (Phi) is 14.2. The van der Waals surface area contributed by atoms with Crippen molar-refractivity contribution < 1.29 is 56.9 Å². The highest BCUT2D eigenvalue weighted by atomic mass is 79.9. The van der Waals surface area contributed by atoms with Crippen molar-refractivity contribution >= 4 is 87.1 Å². The quantitative estimate of drug-likeness (QED) is 0.0839. The van der Waals surface area contributed by atoms with E-state index in [4.69, 9.17) is 47.0 Å². The van der Waals surface area contributed by atoms with Crippen molar-refractivity contribution in [3.63, 3.8) is 0 Å². The molecule has 0 radical (unpaired) electrons. The number of benzene rings is 4. The molecule has 0 amide bonds. The van der Waals surface area contributed by atoms with E-state index >= 15 is 0 Å². The average Bonchev–Trinajstić information content (AvgIpc) is 3.32. The minimum atomic E-state index is -0.386. The number of halogens is 4. The van der Waals surface area contributed by atoms with Gasteiger partial charge >= 0.3 is 11.5 Å². The number of ether oxygens (including phenoxy) is 9. The second-order valence-electron chi connectivity index (χ2n) is 13.8. The monoisotopic (exact) mass is 1120 g/mol. The molecule has 330 valence electrons. The smallest absolute Gasteiger partial charge is 0.361 e. The van der Waals surface area contributed by atoms with Crippen molar-refractivity contribution in [2.75, 3.05) is 56.9 Å². The highest BCUT2D eigenvalue weighted by Gasteiger charge is 2.34. The fourth-order valence-electron chi connectivity index (χ4n) is 6.87. The maximum Gasteiger partial charge on any atom is 0.361 e. The first-order valence-corrected chi connectivity index (χ1v) is 22.2. The van der Waals surface area contributed by atoms with Crippen LogP contribution in [0.1, 0.15) is 16.7 Å². The maximum atomic E-state index is 14.1. The van der Waals surface area contributed by atoms with Gasteiger partial charge < -0.3 is 47.7 Å². The van der Waals surface area contributed by atoms with Gasteiger partial charge in [-0.1, -0.05) is 0 Å². The third kappa shape index (κ3) is 9.01. The number of aliphatic hydroxyl groups is 1. The van der Waals surface area contributed by atoms with Crippen LogP contribution in [0.15, 0.2) is 124 Å². The highest BCUT2D eigenvalue weighted by molar-refractivity contribution is 9.11. The molecule has 16 heteroatoms. The van der Waals surface area contributed by atoms with Gasteiger partial charge in [-0.05, 0) is 148 Å². The molecule has 1 aliphatic carbocycles. The van der Waals surface area contributed by atoms with Gasteiger partial charge in [0, 0.05) is 11.1 Å². The first-order chi connectivity index (χ1) is 30.8. The van der Waals surface area contributed by atoms with E-state index in [0.29, 0.717) is 120 Å². The lowest BCUT2D eigenvalue weighted by Crippen LogP contribution is -2.21. The Bertz CT molecular complexity index is 2620. The minimum Gasteiger partial charge on any atom is -0.506 e. The third-order valence-corrected chi connectivity index (χ3v) is 13.3. The predicted octanol–water partition coefficient (Wildman–Crippen LogP) is 12.8. The zero-order chi connectivity index (χ0) is 46.0. The van der Waals surface area contributed by atoms with Crippen molar-refractivity contribution in [1.29, 1.82) is 0 Å². The molecule has 2 heterocycles. The lowest BCUT2D eigenvalue weighted by atomic mass is 9.85. The van der Waals surface area contributed by atoms with Gasteiger partial charge in [-0.25, -0.2) is 4.42 Å². The Hall–Kier alpha value is -5.68. The lowest BCUT2D eigenvalue weighted by molar-refractivity contribution is -0.113. The summed E-state index contributed by atoms with van der Waals surface area (Å²) in [5.74, 6) is 5.12. The number of aliphatic hydroxyl groups excluding tert-OH is 1. The molecule has 0 unspecified atom stereocenters. The Morgan fingerprint density at radius 1 is 0.484 bits per heavy atom. The van der Waals surface area contributed by atoms with Gasteiger partial charge in [-0.3, -0.25) is 4.79 Å². The van der Waals surface area contributed by atoms with Crippen LogP contribution in [-0.2, 0) is 9.53 Å². The van der Waals surface area contributed by atoms with E-state index in [1.54, 1.807) is 142 Å². The van der Waals surface area contributed by atoms with Crippen LogP contribution in [0.5, 0.6) is 46.0 Å². The van der Waals surface area contributed by atoms with E-state index < -0.39 is 0 Å². The summed E-state index contributed by atoms with van der Waals surface area (Å²) in [4.78, 5) is 14.1. The Morgan fingerprint density at radius 3 is 1.09 bits per heavy atom. The van der Waals surface area contributed by atoms with Gasteiger partial charge in [-0.15, -0.1) is 0 Å². The molecule has 0 spiro atoms. The van der Waals surface area contributed by atoms with E-state index in [1.165, 1.54) is 0 Å². The molecular weight excluding hydrogens is 1090 g/mol. The zero-order valence-electron chi connectivity index (χ0n) is 35.5. The van der Waals surface area contributed by atoms with Crippen LogP contribution in [-0.4, -0.2) is 67.8 Å². The molecular formula is C48H39Br4O12+. The van der Waals surface area contributed by atoms with E-state index in [2.05, 4.69) is 63.7 Å². The van der Waals surface area contributed by atoms with Crippen molar-refractivity contribution in [2.45, 2.75) is 0 Å². The second kappa shape index (κ2) is 19.6. The molecule has 1 N–H and O–H groups in total. The Morgan fingerprint density at radius 2 is 0.797 bits per heavy atom. The SMILES string of the molecule is COc1cc(C2=CC(=CC3=C(O)C(=Cc4cc(-c5cc(OC)c(Br)c(OC)c5)[o+]c(-c5cc(OC)c(Br)c(OC)c5)c4)C3=O)C=C(c3cc(OC)c(Br)c(OC)c3)O2)cc(OC)c1Br. The predicted molar refractivity (Wildman–Crippen MR) is 258 cm³/mol. The molecule has 0 bridgehead atoms. The van der Waals surface area contributed by atoms with Crippen molar-refractivity contribution in [1.82, 2.24) is 0 Å². The Balaban J connectivity index is 1.37. The lowest BCUT2D eigenvalue weighted by Gasteiger charge is -2.23.